The predicted molar refractivity (Wildman–Crippen MR) is 96.9 cm³/mol. The van der Waals surface area contributed by atoms with Crippen molar-refractivity contribution < 1.29 is 4.74 Å². The molecule has 3 rings (SSSR count). The van der Waals surface area contributed by atoms with E-state index in [4.69, 9.17) is 10.5 Å². The molecule has 0 spiro atoms. The molecule has 0 aliphatic rings. The van der Waals surface area contributed by atoms with Crippen molar-refractivity contribution >= 4 is 11.0 Å². The number of H-pyrrole nitrogens is 1. The van der Waals surface area contributed by atoms with Crippen LogP contribution in [0.3, 0.4) is 0 Å². The Labute approximate surface area is 142 Å². The van der Waals surface area contributed by atoms with Crippen LogP contribution in [0.4, 0.5) is 0 Å². The maximum atomic E-state index is 6.31. The Hall–Kier alpha value is -2.40. The van der Waals surface area contributed by atoms with Gasteiger partial charge in [0.15, 0.2) is 0 Å². The molecule has 0 fully saturated rings. The third-order valence-electron chi connectivity index (χ3n) is 3.92. The second-order valence-electron chi connectivity index (χ2n) is 7.05. The van der Waals surface area contributed by atoms with Crippen molar-refractivity contribution in [3.05, 3.63) is 43.0 Å². The van der Waals surface area contributed by atoms with Gasteiger partial charge in [0, 0.05) is 40.6 Å². The Bertz CT molecular complexity index is 823. The number of aromatic amines is 1. The van der Waals surface area contributed by atoms with Gasteiger partial charge >= 0.3 is 0 Å². The highest BCUT2D eigenvalue weighted by Crippen LogP contribution is 2.29. The first-order valence-electron chi connectivity index (χ1n) is 8.24. The molecule has 5 heteroatoms. The van der Waals surface area contributed by atoms with Gasteiger partial charge in [0.2, 0.25) is 0 Å². The highest BCUT2D eigenvalue weighted by molar-refractivity contribution is 5.93. The van der Waals surface area contributed by atoms with Crippen molar-refractivity contribution in [2.24, 2.45) is 11.7 Å². The van der Waals surface area contributed by atoms with E-state index in [9.17, 15) is 0 Å². The molecule has 0 aromatic carbocycles. The van der Waals surface area contributed by atoms with Crippen molar-refractivity contribution in [2.75, 3.05) is 6.61 Å². The minimum absolute atomic E-state index is 0.352. The summed E-state index contributed by atoms with van der Waals surface area (Å²) in [7, 11) is 0. The van der Waals surface area contributed by atoms with Crippen LogP contribution in [0.5, 0.6) is 5.75 Å². The van der Waals surface area contributed by atoms with Crippen molar-refractivity contribution in [3.63, 3.8) is 0 Å². The van der Waals surface area contributed by atoms with Gasteiger partial charge in [-0.1, -0.05) is 13.8 Å². The molecule has 0 radical (unpaired) electrons. The van der Waals surface area contributed by atoms with Crippen LogP contribution in [0, 0.1) is 5.92 Å². The van der Waals surface area contributed by atoms with E-state index in [0.717, 1.165) is 34.3 Å². The zero-order valence-corrected chi connectivity index (χ0v) is 14.4. The van der Waals surface area contributed by atoms with Crippen LogP contribution in [-0.2, 0) is 0 Å². The molecule has 0 unspecified atom stereocenters. The molecule has 0 amide bonds. The van der Waals surface area contributed by atoms with Gasteiger partial charge in [0.05, 0.1) is 6.20 Å². The monoisotopic (exact) mass is 324 g/mol. The SMILES string of the molecule is CC(C)C[C@](C)(N)COc1cncc(-c2c[nH]c3ncccc23)c1. The quantitative estimate of drug-likeness (QED) is 0.723. The molecular formula is C19H24N4O. The summed E-state index contributed by atoms with van der Waals surface area (Å²) >= 11 is 0. The van der Waals surface area contributed by atoms with E-state index in [0.29, 0.717) is 12.5 Å². The number of hydrogen-bond donors (Lipinski definition) is 2. The summed E-state index contributed by atoms with van der Waals surface area (Å²) in [4.78, 5) is 11.8. The maximum Gasteiger partial charge on any atom is 0.138 e. The number of pyridine rings is 2. The fourth-order valence-corrected chi connectivity index (χ4v) is 3.08. The molecule has 126 valence electrons. The van der Waals surface area contributed by atoms with Gasteiger partial charge in [-0.2, -0.15) is 0 Å². The number of nitrogens with one attached hydrogen (secondary N) is 1. The normalized spacial score (nSPS) is 14.0. The maximum absolute atomic E-state index is 6.31. The Balaban J connectivity index is 1.80. The van der Waals surface area contributed by atoms with Crippen LogP contribution in [0.2, 0.25) is 0 Å². The minimum atomic E-state index is -0.352. The van der Waals surface area contributed by atoms with Crippen molar-refractivity contribution in [1.82, 2.24) is 15.0 Å². The molecule has 3 aromatic rings. The van der Waals surface area contributed by atoms with E-state index in [1.54, 1.807) is 12.4 Å². The van der Waals surface area contributed by atoms with Crippen molar-refractivity contribution in [2.45, 2.75) is 32.7 Å². The molecule has 0 aliphatic heterocycles. The van der Waals surface area contributed by atoms with Crippen molar-refractivity contribution in [1.29, 1.82) is 0 Å². The Morgan fingerprint density at radius 1 is 1.33 bits per heavy atom. The van der Waals surface area contributed by atoms with Gasteiger partial charge in [-0.15, -0.1) is 0 Å². The summed E-state index contributed by atoms with van der Waals surface area (Å²) in [6.07, 6.45) is 8.19. The summed E-state index contributed by atoms with van der Waals surface area (Å²) in [5.41, 5.74) is 8.89. The molecule has 3 N–H and O–H groups in total. The zero-order valence-electron chi connectivity index (χ0n) is 14.4. The summed E-state index contributed by atoms with van der Waals surface area (Å²) in [5, 5.41) is 1.07. The third-order valence-corrected chi connectivity index (χ3v) is 3.92. The number of rotatable bonds is 6. The van der Waals surface area contributed by atoms with Crippen LogP contribution in [-0.4, -0.2) is 27.1 Å². The number of aromatic nitrogens is 3. The first-order chi connectivity index (χ1) is 11.4. The lowest BCUT2D eigenvalue weighted by Crippen LogP contribution is -2.43. The number of fused-ring (bicyclic) bond motifs is 1. The van der Waals surface area contributed by atoms with E-state index >= 15 is 0 Å². The topological polar surface area (TPSA) is 76.8 Å². The summed E-state index contributed by atoms with van der Waals surface area (Å²) in [6.45, 7) is 6.82. The average molecular weight is 324 g/mol. The number of hydrogen-bond acceptors (Lipinski definition) is 4. The molecule has 0 aliphatic carbocycles. The van der Waals surface area contributed by atoms with E-state index < -0.39 is 0 Å². The second-order valence-corrected chi connectivity index (χ2v) is 7.05. The fraction of sp³-hybridized carbons (Fsp3) is 0.368. The van der Waals surface area contributed by atoms with Crippen LogP contribution in [0.1, 0.15) is 27.2 Å². The second kappa shape index (κ2) is 6.61. The van der Waals surface area contributed by atoms with E-state index in [2.05, 4.69) is 28.8 Å². The molecule has 5 nitrogen and oxygen atoms in total. The van der Waals surface area contributed by atoms with Gasteiger partial charge in [-0.25, -0.2) is 4.98 Å². The highest BCUT2D eigenvalue weighted by atomic mass is 16.5. The summed E-state index contributed by atoms with van der Waals surface area (Å²) in [6, 6.07) is 5.97. The van der Waals surface area contributed by atoms with Gasteiger partial charge in [0.25, 0.3) is 0 Å². The van der Waals surface area contributed by atoms with Crippen LogP contribution < -0.4 is 10.5 Å². The molecule has 24 heavy (non-hydrogen) atoms. The van der Waals surface area contributed by atoms with Gasteiger partial charge < -0.3 is 15.5 Å². The van der Waals surface area contributed by atoms with E-state index in [1.807, 2.05) is 37.5 Å². The van der Waals surface area contributed by atoms with Gasteiger partial charge in [0.1, 0.15) is 18.0 Å². The number of ether oxygens (including phenoxy) is 1. The average Bonchev–Trinajstić information content (AvgIpc) is 2.96. The minimum Gasteiger partial charge on any atom is -0.490 e. The van der Waals surface area contributed by atoms with Crippen molar-refractivity contribution in [3.8, 4) is 16.9 Å². The Morgan fingerprint density at radius 3 is 2.96 bits per heavy atom. The third kappa shape index (κ3) is 3.74. The Morgan fingerprint density at radius 2 is 2.17 bits per heavy atom. The number of nitrogens with zero attached hydrogens (tertiary/aromatic N) is 2. The molecule has 1 atom stereocenters. The highest BCUT2D eigenvalue weighted by Gasteiger charge is 2.21. The van der Waals surface area contributed by atoms with E-state index in [-0.39, 0.29) is 5.54 Å². The lowest BCUT2D eigenvalue weighted by atomic mass is 9.93. The van der Waals surface area contributed by atoms with Gasteiger partial charge in [-0.3, -0.25) is 4.98 Å². The molecule has 0 saturated carbocycles. The lowest BCUT2D eigenvalue weighted by molar-refractivity contribution is 0.206. The number of nitrogens with two attached hydrogens (primary N) is 1. The molecule has 3 heterocycles. The Kier molecular flexibility index (Phi) is 4.53. The standard InChI is InChI=1S/C19H24N4O/c1-13(2)8-19(3,20)12-24-15-7-14(9-21-10-15)17-11-23-18-16(17)5-4-6-22-18/h4-7,9-11,13H,8,12,20H2,1-3H3,(H,22,23)/t19-/m0/s1. The molecule has 3 aromatic heterocycles. The van der Waals surface area contributed by atoms with Gasteiger partial charge in [-0.05, 0) is 37.5 Å². The molecule has 0 saturated heterocycles. The van der Waals surface area contributed by atoms with Crippen LogP contribution in [0.15, 0.2) is 43.0 Å². The summed E-state index contributed by atoms with van der Waals surface area (Å²) < 4.78 is 5.91. The largest absolute Gasteiger partial charge is 0.490 e. The van der Waals surface area contributed by atoms with Crippen LogP contribution in [0.25, 0.3) is 22.2 Å². The van der Waals surface area contributed by atoms with E-state index in [1.165, 1.54) is 0 Å². The first kappa shape index (κ1) is 16.5. The molecular weight excluding hydrogens is 300 g/mol. The predicted octanol–water partition coefficient (Wildman–Crippen LogP) is 3.77. The molecule has 0 bridgehead atoms. The smallest absolute Gasteiger partial charge is 0.138 e. The first-order valence-corrected chi connectivity index (χ1v) is 8.24. The zero-order chi connectivity index (χ0) is 17.2. The lowest BCUT2D eigenvalue weighted by Gasteiger charge is -2.26. The van der Waals surface area contributed by atoms with Crippen LogP contribution >= 0.6 is 0 Å². The summed E-state index contributed by atoms with van der Waals surface area (Å²) in [5.74, 6) is 1.26. The fourth-order valence-electron chi connectivity index (χ4n) is 3.08.